The van der Waals surface area contributed by atoms with Gasteiger partial charge in [0.15, 0.2) is 6.04 Å². The number of carboxylic acids is 1. The van der Waals surface area contributed by atoms with E-state index in [1.807, 2.05) is 19.0 Å². The first-order valence-corrected chi connectivity index (χ1v) is 5.00. The van der Waals surface area contributed by atoms with Crippen molar-refractivity contribution in [2.75, 3.05) is 33.8 Å². The van der Waals surface area contributed by atoms with Crippen LogP contribution in [0.25, 0.3) is 0 Å². The Morgan fingerprint density at radius 3 is 2.44 bits per heavy atom. The summed E-state index contributed by atoms with van der Waals surface area (Å²) in [6.45, 7) is 0.671. The minimum atomic E-state index is -1.26. The summed E-state index contributed by atoms with van der Waals surface area (Å²) in [5, 5.41) is 21.9. The first-order chi connectivity index (χ1) is 7.47. The third-order valence-electron chi connectivity index (χ3n) is 1.85. The Kier molecular flexibility index (Phi) is 7.23. The molecule has 16 heavy (non-hydrogen) atoms. The molecule has 1 atom stereocenters. The molecule has 0 aromatic carbocycles. The normalized spacial score (nSPS) is 12.2. The Balaban J connectivity index is 3.69. The zero-order valence-electron chi connectivity index (χ0n) is 9.56. The molecule has 0 radical (unpaired) electrons. The second-order valence-corrected chi connectivity index (χ2v) is 3.63. The van der Waals surface area contributed by atoms with Crippen LogP contribution in [-0.4, -0.2) is 66.9 Å². The topological polar surface area (TPSA) is 102 Å². The Bertz CT molecular complexity index is 233. The summed E-state index contributed by atoms with van der Waals surface area (Å²) in [6, 6.07) is -1.84. The summed E-state index contributed by atoms with van der Waals surface area (Å²) in [6.07, 6.45) is 0.775. The van der Waals surface area contributed by atoms with Gasteiger partial charge < -0.3 is 25.7 Å². The van der Waals surface area contributed by atoms with E-state index in [4.69, 9.17) is 10.2 Å². The van der Waals surface area contributed by atoms with Gasteiger partial charge in [0.05, 0.1) is 6.61 Å². The van der Waals surface area contributed by atoms with Gasteiger partial charge in [-0.05, 0) is 27.1 Å². The number of carbonyl (C=O) groups is 2. The fourth-order valence-corrected chi connectivity index (χ4v) is 0.992. The predicted molar refractivity (Wildman–Crippen MR) is 58.2 cm³/mol. The number of nitrogens with zero attached hydrogens (tertiary/aromatic N) is 1. The number of aliphatic hydroxyl groups is 1. The lowest BCUT2D eigenvalue weighted by Gasteiger charge is -2.13. The van der Waals surface area contributed by atoms with E-state index in [-0.39, 0.29) is 0 Å². The molecule has 0 aromatic rings. The van der Waals surface area contributed by atoms with Crippen LogP contribution in [-0.2, 0) is 4.79 Å². The summed E-state index contributed by atoms with van der Waals surface area (Å²) < 4.78 is 0. The quantitative estimate of drug-likeness (QED) is 0.409. The summed E-state index contributed by atoms with van der Waals surface area (Å²) in [7, 11) is 3.85. The predicted octanol–water partition coefficient (Wildman–Crippen LogP) is -1.32. The second kappa shape index (κ2) is 7.89. The van der Waals surface area contributed by atoms with Crippen molar-refractivity contribution in [3.05, 3.63) is 0 Å². The van der Waals surface area contributed by atoms with Crippen LogP contribution in [0.3, 0.4) is 0 Å². The van der Waals surface area contributed by atoms with E-state index in [0.29, 0.717) is 6.54 Å². The van der Waals surface area contributed by atoms with E-state index in [9.17, 15) is 9.59 Å². The van der Waals surface area contributed by atoms with Gasteiger partial charge in [0, 0.05) is 6.54 Å². The lowest BCUT2D eigenvalue weighted by atomic mass is 10.3. The molecule has 0 aliphatic heterocycles. The molecule has 0 fully saturated rings. The Morgan fingerprint density at radius 1 is 1.38 bits per heavy atom. The molecule has 0 aromatic heterocycles. The average Bonchev–Trinajstić information content (AvgIpc) is 2.20. The van der Waals surface area contributed by atoms with Crippen LogP contribution in [0.2, 0.25) is 0 Å². The van der Waals surface area contributed by atoms with Crippen LogP contribution >= 0.6 is 0 Å². The van der Waals surface area contributed by atoms with Crippen molar-refractivity contribution in [1.29, 1.82) is 0 Å². The van der Waals surface area contributed by atoms with E-state index in [1.165, 1.54) is 0 Å². The molecule has 0 bridgehead atoms. The van der Waals surface area contributed by atoms with Gasteiger partial charge in [-0.15, -0.1) is 0 Å². The zero-order chi connectivity index (χ0) is 12.6. The summed E-state index contributed by atoms with van der Waals surface area (Å²) in [5.41, 5.74) is 0. The lowest BCUT2D eigenvalue weighted by Crippen LogP contribution is -2.48. The molecule has 0 saturated heterocycles. The molecule has 0 spiro atoms. The van der Waals surface area contributed by atoms with Crippen molar-refractivity contribution in [1.82, 2.24) is 15.5 Å². The van der Waals surface area contributed by atoms with Crippen molar-refractivity contribution in [3.8, 4) is 0 Å². The first-order valence-electron chi connectivity index (χ1n) is 5.00. The molecule has 0 aliphatic rings. The van der Waals surface area contributed by atoms with Gasteiger partial charge in [-0.1, -0.05) is 0 Å². The number of carboxylic acid groups (broad SMARTS) is 1. The summed E-state index contributed by atoms with van der Waals surface area (Å²) in [4.78, 5) is 23.6. The lowest BCUT2D eigenvalue weighted by molar-refractivity contribution is -0.140. The maximum absolute atomic E-state index is 11.2. The van der Waals surface area contributed by atoms with E-state index < -0.39 is 24.6 Å². The molecule has 2 amide bonds. The Labute approximate surface area is 94.4 Å². The number of nitrogens with one attached hydrogen (secondary N) is 2. The van der Waals surface area contributed by atoms with Gasteiger partial charge in [0.1, 0.15) is 0 Å². The van der Waals surface area contributed by atoms with E-state index in [0.717, 1.165) is 13.0 Å². The molecule has 7 nitrogen and oxygen atoms in total. The number of hydrogen-bond acceptors (Lipinski definition) is 4. The number of rotatable bonds is 7. The zero-order valence-corrected chi connectivity index (χ0v) is 9.56. The fraction of sp³-hybridized carbons (Fsp3) is 0.778. The third-order valence-corrected chi connectivity index (χ3v) is 1.85. The first kappa shape index (κ1) is 14.7. The van der Waals surface area contributed by atoms with E-state index in [2.05, 4.69) is 10.6 Å². The molecule has 94 valence electrons. The highest BCUT2D eigenvalue weighted by Gasteiger charge is 2.17. The number of amides is 2. The van der Waals surface area contributed by atoms with Crippen LogP contribution < -0.4 is 10.6 Å². The van der Waals surface area contributed by atoms with E-state index >= 15 is 0 Å². The molecule has 4 N–H and O–H groups in total. The molecule has 7 heteroatoms. The van der Waals surface area contributed by atoms with Crippen LogP contribution in [0.15, 0.2) is 0 Å². The van der Waals surface area contributed by atoms with Crippen molar-refractivity contribution < 1.29 is 19.8 Å². The molecule has 0 unspecified atom stereocenters. The minimum absolute atomic E-state index is 0.460. The van der Waals surface area contributed by atoms with E-state index in [1.54, 1.807) is 0 Å². The second-order valence-electron chi connectivity index (χ2n) is 3.63. The SMILES string of the molecule is CN(C)CCCNC(=O)N[C@H](CO)C(=O)O. The van der Waals surface area contributed by atoms with Crippen LogP contribution in [0.4, 0.5) is 4.79 Å². The highest BCUT2D eigenvalue weighted by atomic mass is 16.4. The number of aliphatic carboxylic acids is 1. The molecular weight excluding hydrogens is 214 g/mol. The Morgan fingerprint density at radius 2 is 2.00 bits per heavy atom. The molecule has 0 rings (SSSR count). The monoisotopic (exact) mass is 233 g/mol. The number of urea groups is 1. The van der Waals surface area contributed by atoms with Gasteiger partial charge in [0.2, 0.25) is 0 Å². The minimum Gasteiger partial charge on any atom is -0.480 e. The van der Waals surface area contributed by atoms with Crippen molar-refractivity contribution in [2.45, 2.75) is 12.5 Å². The van der Waals surface area contributed by atoms with Crippen molar-refractivity contribution in [2.24, 2.45) is 0 Å². The van der Waals surface area contributed by atoms with Gasteiger partial charge in [0.25, 0.3) is 0 Å². The highest BCUT2D eigenvalue weighted by Crippen LogP contribution is 1.84. The third kappa shape index (κ3) is 7.02. The van der Waals surface area contributed by atoms with Gasteiger partial charge in [-0.2, -0.15) is 0 Å². The summed E-state index contributed by atoms with van der Waals surface area (Å²) in [5.74, 6) is -1.26. The Hall–Kier alpha value is -1.34. The van der Waals surface area contributed by atoms with Crippen LogP contribution in [0.1, 0.15) is 6.42 Å². The number of hydrogen-bond donors (Lipinski definition) is 4. The smallest absolute Gasteiger partial charge is 0.328 e. The number of carbonyl (C=O) groups excluding carboxylic acids is 1. The van der Waals surface area contributed by atoms with Crippen molar-refractivity contribution in [3.63, 3.8) is 0 Å². The highest BCUT2D eigenvalue weighted by molar-refractivity contribution is 5.82. The fourth-order valence-electron chi connectivity index (χ4n) is 0.992. The molecular formula is C9H19N3O4. The maximum Gasteiger partial charge on any atom is 0.328 e. The van der Waals surface area contributed by atoms with Gasteiger partial charge in [-0.3, -0.25) is 0 Å². The molecule has 0 saturated carbocycles. The van der Waals surface area contributed by atoms with Gasteiger partial charge in [-0.25, -0.2) is 9.59 Å². The molecule has 0 heterocycles. The summed E-state index contributed by atoms with van der Waals surface area (Å²) >= 11 is 0. The van der Waals surface area contributed by atoms with Crippen molar-refractivity contribution >= 4 is 12.0 Å². The molecule has 0 aliphatic carbocycles. The maximum atomic E-state index is 11.2. The standard InChI is InChI=1S/C9H19N3O4/c1-12(2)5-3-4-10-9(16)11-7(6-13)8(14)15/h7,13H,3-6H2,1-2H3,(H,14,15)(H2,10,11,16)/t7-/m1/s1. The van der Waals surface area contributed by atoms with Crippen LogP contribution in [0.5, 0.6) is 0 Å². The average molecular weight is 233 g/mol. The van der Waals surface area contributed by atoms with Crippen LogP contribution in [0, 0.1) is 0 Å². The largest absolute Gasteiger partial charge is 0.480 e. The number of aliphatic hydroxyl groups excluding tert-OH is 1. The van der Waals surface area contributed by atoms with Gasteiger partial charge >= 0.3 is 12.0 Å².